The first-order valence-electron chi connectivity index (χ1n) is 4.86. The molecule has 1 nitrogen and oxygen atoms in total. The van der Waals surface area contributed by atoms with Crippen LogP contribution in [0.1, 0.15) is 11.3 Å². The zero-order chi connectivity index (χ0) is 10.8. The predicted octanol–water partition coefficient (Wildman–Crippen LogP) is 3.50. The largest absolute Gasteiger partial charge is 0.261 e. The Hall–Kier alpha value is -1.70. The molecule has 1 aromatic heterocycles. The maximum Gasteiger partial charge on any atom is 0.123 e. The van der Waals surface area contributed by atoms with Crippen molar-refractivity contribution in [3.8, 4) is 11.1 Å². The van der Waals surface area contributed by atoms with Crippen LogP contribution in [-0.4, -0.2) is 4.98 Å². The summed E-state index contributed by atoms with van der Waals surface area (Å²) in [4.78, 5) is 4.20. The summed E-state index contributed by atoms with van der Waals surface area (Å²) in [6.07, 6.45) is 1.74. The molecule has 0 saturated heterocycles. The van der Waals surface area contributed by atoms with E-state index in [1.165, 1.54) is 6.07 Å². The smallest absolute Gasteiger partial charge is 0.123 e. The van der Waals surface area contributed by atoms with Gasteiger partial charge in [-0.1, -0.05) is 12.1 Å². The van der Waals surface area contributed by atoms with Crippen LogP contribution in [0.4, 0.5) is 4.39 Å². The second-order valence-electron chi connectivity index (χ2n) is 3.60. The van der Waals surface area contributed by atoms with Gasteiger partial charge in [0, 0.05) is 17.5 Å². The summed E-state index contributed by atoms with van der Waals surface area (Å²) in [6.45, 7) is 3.90. The van der Waals surface area contributed by atoms with Crippen LogP contribution in [0.2, 0.25) is 0 Å². The van der Waals surface area contributed by atoms with Crippen molar-refractivity contribution in [3.63, 3.8) is 0 Å². The molecule has 2 rings (SSSR count). The molecule has 0 aliphatic heterocycles. The van der Waals surface area contributed by atoms with Gasteiger partial charge >= 0.3 is 0 Å². The van der Waals surface area contributed by atoms with Gasteiger partial charge in [-0.25, -0.2) is 4.39 Å². The molecule has 0 aliphatic rings. The molecule has 0 bridgehead atoms. The molecule has 0 atom stereocenters. The zero-order valence-corrected chi connectivity index (χ0v) is 8.79. The van der Waals surface area contributed by atoms with Crippen LogP contribution in [0.25, 0.3) is 11.1 Å². The van der Waals surface area contributed by atoms with Gasteiger partial charge in [-0.3, -0.25) is 4.98 Å². The van der Waals surface area contributed by atoms with Crippen LogP contribution < -0.4 is 0 Å². The van der Waals surface area contributed by atoms with E-state index >= 15 is 0 Å². The van der Waals surface area contributed by atoms with Crippen molar-refractivity contribution in [2.24, 2.45) is 0 Å². The lowest BCUT2D eigenvalue weighted by atomic mass is 9.99. The maximum atomic E-state index is 13.1. The van der Waals surface area contributed by atoms with E-state index in [2.05, 4.69) is 4.98 Å². The molecule has 0 N–H and O–H groups in total. The Bertz CT molecular complexity index is 492. The van der Waals surface area contributed by atoms with Crippen molar-refractivity contribution >= 4 is 0 Å². The van der Waals surface area contributed by atoms with Gasteiger partial charge in [-0.15, -0.1) is 0 Å². The number of aromatic nitrogens is 1. The summed E-state index contributed by atoms with van der Waals surface area (Å²) in [7, 11) is 0. The molecule has 0 radical (unpaired) electrons. The molecule has 2 aromatic rings. The van der Waals surface area contributed by atoms with Crippen LogP contribution in [0.5, 0.6) is 0 Å². The first-order chi connectivity index (χ1) is 7.18. The number of hydrogen-bond donors (Lipinski definition) is 0. The third-order valence-electron chi connectivity index (χ3n) is 2.50. The number of halogens is 1. The highest BCUT2D eigenvalue weighted by atomic mass is 19.1. The molecule has 2 heteroatoms. The van der Waals surface area contributed by atoms with Gasteiger partial charge in [0.25, 0.3) is 0 Å². The Morgan fingerprint density at radius 3 is 2.60 bits per heavy atom. The number of pyridine rings is 1. The van der Waals surface area contributed by atoms with E-state index in [-0.39, 0.29) is 5.82 Å². The van der Waals surface area contributed by atoms with E-state index in [1.807, 2.05) is 26.0 Å². The minimum absolute atomic E-state index is 0.209. The van der Waals surface area contributed by atoms with Crippen LogP contribution in [0.15, 0.2) is 36.5 Å². The van der Waals surface area contributed by atoms with E-state index < -0.39 is 0 Å². The minimum atomic E-state index is -0.209. The standard InChI is InChI=1S/C13H12FN/c1-9-5-6-11(14)8-13(9)12-4-3-7-15-10(12)2/h3-8H,1-2H3. The number of aryl methyl sites for hydroxylation is 2. The van der Waals surface area contributed by atoms with Crippen LogP contribution in [-0.2, 0) is 0 Å². The number of rotatable bonds is 1. The fraction of sp³-hybridized carbons (Fsp3) is 0.154. The zero-order valence-electron chi connectivity index (χ0n) is 8.79. The average molecular weight is 201 g/mol. The van der Waals surface area contributed by atoms with Crippen molar-refractivity contribution in [3.05, 3.63) is 53.6 Å². The average Bonchev–Trinajstić information content (AvgIpc) is 2.23. The fourth-order valence-corrected chi connectivity index (χ4v) is 1.65. The summed E-state index contributed by atoms with van der Waals surface area (Å²) in [6, 6.07) is 8.65. The lowest BCUT2D eigenvalue weighted by Gasteiger charge is -2.08. The number of nitrogens with zero attached hydrogens (tertiary/aromatic N) is 1. The third kappa shape index (κ3) is 1.89. The van der Waals surface area contributed by atoms with Gasteiger partial charge in [0.15, 0.2) is 0 Å². The molecule has 1 aromatic carbocycles. The molecule has 0 spiro atoms. The highest BCUT2D eigenvalue weighted by Crippen LogP contribution is 2.25. The Labute approximate surface area is 88.6 Å². The monoisotopic (exact) mass is 201 g/mol. The molecule has 0 unspecified atom stereocenters. The first kappa shape index (κ1) is 9.84. The topological polar surface area (TPSA) is 12.9 Å². The predicted molar refractivity (Wildman–Crippen MR) is 59.1 cm³/mol. The normalized spacial score (nSPS) is 10.3. The van der Waals surface area contributed by atoms with E-state index in [1.54, 1.807) is 18.3 Å². The summed E-state index contributed by atoms with van der Waals surface area (Å²) in [5, 5.41) is 0. The lowest BCUT2D eigenvalue weighted by molar-refractivity contribution is 0.628. The molecule has 1 heterocycles. The van der Waals surface area contributed by atoms with Gasteiger partial charge in [-0.2, -0.15) is 0 Å². The second kappa shape index (κ2) is 3.81. The van der Waals surface area contributed by atoms with E-state index in [9.17, 15) is 4.39 Å². The highest BCUT2D eigenvalue weighted by molar-refractivity contribution is 5.68. The van der Waals surface area contributed by atoms with Crippen molar-refractivity contribution in [1.29, 1.82) is 0 Å². The Balaban J connectivity index is 2.64. The summed E-state index contributed by atoms with van der Waals surface area (Å²) < 4.78 is 13.1. The van der Waals surface area contributed by atoms with Crippen molar-refractivity contribution in [1.82, 2.24) is 4.98 Å². The van der Waals surface area contributed by atoms with E-state index in [4.69, 9.17) is 0 Å². The molecule has 15 heavy (non-hydrogen) atoms. The van der Waals surface area contributed by atoms with Crippen molar-refractivity contribution < 1.29 is 4.39 Å². The number of benzene rings is 1. The van der Waals surface area contributed by atoms with Gasteiger partial charge in [0.05, 0.1) is 0 Å². The van der Waals surface area contributed by atoms with E-state index in [0.717, 1.165) is 22.4 Å². The fourth-order valence-electron chi connectivity index (χ4n) is 1.65. The summed E-state index contributed by atoms with van der Waals surface area (Å²) in [5.41, 5.74) is 3.90. The Morgan fingerprint density at radius 2 is 1.87 bits per heavy atom. The molecule has 76 valence electrons. The van der Waals surface area contributed by atoms with Gasteiger partial charge < -0.3 is 0 Å². The van der Waals surface area contributed by atoms with E-state index in [0.29, 0.717) is 0 Å². The molecular formula is C13H12FN. The molecular weight excluding hydrogens is 189 g/mol. The summed E-state index contributed by atoms with van der Waals surface area (Å²) >= 11 is 0. The van der Waals surface area contributed by atoms with Gasteiger partial charge in [-0.05, 0) is 43.2 Å². The third-order valence-corrected chi connectivity index (χ3v) is 2.50. The molecule has 0 amide bonds. The quantitative estimate of drug-likeness (QED) is 0.688. The van der Waals surface area contributed by atoms with Crippen molar-refractivity contribution in [2.45, 2.75) is 13.8 Å². The van der Waals surface area contributed by atoms with Crippen molar-refractivity contribution in [2.75, 3.05) is 0 Å². The Morgan fingerprint density at radius 1 is 1.07 bits per heavy atom. The summed E-state index contributed by atoms with van der Waals surface area (Å²) in [5.74, 6) is -0.209. The van der Waals surface area contributed by atoms with Crippen LogP contribution >= 0.6 is 0 Å². The maximum absolute atomic E-state index is 13.1. The van der Waals surface area contributed by atoms with Gasteiger partial charge in [0.2, 0.25) is 0 Å². The van der Waals surface area contributed by atoms with Gasteiger partial charge in [0.1, 0.15) is 5.82 Å². The number of hydrogen-bond acceptors (Lipinski definition) is 1. The van der Waals surface area contributed by atoms with Crippen LogP contribution in [0, 0.1) is 19.7 Å². The second-order valence-corrected chi connectivity index (χ2v) is 3.60. The van der Waals surface area contributed by atoms with Crippen LogP contribution in [0.3, 0.4) is 0 Å². The molecule has 0 aliphatic carbocycles. The SMILES string of the molecule is Cc1ccc(F)cc1-c1cccnc1C. The minimum Gasteiger partial charge on any atom is -0.261 e. The molecule has 0 saturated carbocycles. The molecule has 0 fully saturated rings. The Kier molecular flexibility index (Phi) is 2.50. The first-order valence-corrected chi connectivity index (χ1v) is 4.86. The highest BCUT2D eigenvalue weighted by Gasteiger charge is 2.06. The lowest BCUT2D eigenvalue weighted by Crippen LogP contribution is -1.90.